The maximum Gasteiger partial charge on any atom is 0.253 e. The van der Waals surface area contributed by atoms with Crippen molar-refractivity contribution in [2.45, 2.75) is 51.0 Å². The molecule has 0 saturated heterocycles. The fraction of sp³-hybridized carbons (Fsp3) is 0.500. The number of nitrogens with one attached hydrogen (secondary N) is 1. The second-order valence-corrected chi connectivity index (χ2v) is 7.41. The predicted molar refractivity (Wildman–Crippen MR) is 108 cm³/mol. The Labute approximate surface area is 170 Å². The van der Waals surface area contributed by atoms with E-state index in [1.54, 1.807) is 31.5 Å². The van der Waals surface area contributed by atoms with Gasteiger partial charge in [0.25, 0.3) is 5.91 Å². The van der Waals surface area contributed by atoms with Crippen LogP contribution in [0.1, 0.15) is 60.9 Å². The summed E-state index contributed by atoms with van der Waals surface area (Å²) in [5, 5.41) is 3.15. The molecule has 0 radical (unpaired) electrons. The van der Waals surface area contributed by atoms with Crippen molar-refractivity contribution in [1.29, 1.82) is 0 Å². The van der Waals surface area contributed by atoms with Gasteiger partial charge in [-0.15, -0.1) is 0 Å². The highest BCUT2D eigenvalue weighted by Crippen LogP contribution is 2.39. The van der Waals surface area contributed by atoms with E-state index in [9.17, 15) is 9.18 Å². The van der Waals surface area contributed by atoms with Crippen LogP contribution in [0.5, 0.6) is 11.8 Å². The molecular formula is C22H28FN3O3. The smallest absolute Gasteiger partial charge is 0.253 e. The first kappa shape index (κ1) is 21.0. The van der Waals surface area contributed by atoms with Crippen molar-refractivity contribution in [1.82, 2.24) is 15.3 Å². The molecule has 0 spiro atoms. The van der Waals surface area contributed by atoms with Crippen LogP contribution >= 0.6 is 0 Å². The molecule has 7 heteroatoms. The van der Waals surface area contributed by atoms with Gasteiger partial charge in [-0.05, 0) is 61.6 Å². The Morgan fingerprint density at radius 1 is 1.17 bits per heavy atom. The Bertz CT molecular complexity index is 821. The molecule has 1 N–H and O–H groups in total. The van der Waals surface area contributed by atoms with Crippen LogP contribution in [0.2, 0.25) is 0 Å². The number of aromatic nitrogens is 2. The van der Waals surface area contributed by atoms with Crippen molar-refractivity contribution in [3.8, 4) is 11.8 Å². The highest BCUT2D eigenvalue weighted by atomic mass is 19.1. The zero-order chi connectivity index (χ0) is 20.8. The summed E-state index contributed by atoms with van der Waals surface area (Å²) in [7, 11) is 2.97. The van der Waals surface area contributed by atoms with Gasteiger partial charge < -0.3 is 14.8 Å². The Kier molecular flexibility index (Phi) is 7.01. The number of methoxy groups -OCH3 is 2. The van der Waals surface area contributed by atoms with Gasteiger partial charge in [0.15, 0.2) is 5.82 Å². The number of carbonyl (C=O) groups is 1. The van der Waals surface area contributed by atoms with Crippen molar-refractivity contribution >= 4 is 5.91 Å². The summed E-state index contributed by atoms with van der Waals surface area (Å²) in [6.45, 7) is 2.08. The molecule has 0 aliphatic heterocycles. The molecule has 1 amide bonds. The van der Waals surface area contributed by atoms with Crippen LogP contribution in [-0.4, -0.2) is 36.1 Å². The molecule has 1 atom stereocenters. The lowest BCUT2D eigenvalue weighted by atomic mass is 9.75. The van der Waals surface area contributed by atoms with Crippen molar-refractivity contribution < 1.29 is 18.7 Å². The van der Waals surface area contributed by atoms with Crippen LogP contribution in [0.25, 0.3) is 0 Å². The third-order valence-electron chi connectivity index (χ3n) is 5.83. The molecule has 1 aliphatic carbocycles. The molecule has 6 nitrogen and oxygen atoms in total. The first-order valence-electron chi connectivity index (χ1n) is 10.1. The van der Waals surface area contributed by atoms with Crippen molar-refractivity contribution in [2.75, 3.05) is 14.2 Å². The van der Waals surface area contributed by atoms with Gasteiger partial charge in [0.05, 0.1) is 19.8 Å². The summed E-state index contributed by atoms with van der Waals surface area (Å²) >= 11 is 0. The van der Waals surface area contributed by atoms with E-state index in [0.717, 1.165) is 32.1 Å². The maximum atomic E-state index is 14.5. The number of hydrogen-bond acceptors (Lipinski definition) is 5. The molecular weight excluding hydrogens is 373 g/mol. The summed E-state index contributed by atoms with van der Waals surface area (Å²) in [5.74, 6) is 0.577. The minimum Gasteiger partial charge on any atom is -0.481 e. The van der Waals surface area contributed by atoms with Gasteiger partial charge in [0.1, 0.15) is 0 Å². The first-order chi connectivity index (χ1) is 14.1. The zero-order valence-corrected chi connectivity index (χ0v) is 17.2. The molecule has 2 heterocycles. The van der Waals surface area contributed by atoms with E-state index in [2.05, 4.69) is 22.2 Å². The number of carbonyl (C=O) groups excluding carboxylic acids is 1. The predicted octanol–water partition coefficient (Wildman–Crippen LogP) is 4.12. The number of amides is 1. The monoisotopic (exact) mass is 401 g/mol. The van der Waals surface area contributed by atoms with E-state index in [4.69, 9.17) is 9.47 Å². The van der Waals surface area contributed by atoms with Gasteiger partial charge in [-0.25, -0.2) is 14.4 Å². The largest absolute Gasteiger partial charge is 0.481 e. The molecule has 1 aliphatic rings. The normalized spacial score (nSPS) is 20.0. The molecule has 1 saturated carbocycles. The lowest BCUT2D eigenvalue weighted by molar-refractivity contribution is 0.0908. The first-order valence-corrected chi connectivity index (χ1v) is 10.1. The third-order valence-corrected chi connectivity index (χ3v) is 5.83. The highest BCUT2D eigenvalue weighted by molar-refractivity contribution is 5.94. The number of pyridine rings is 2. The van der Waals surface area contributed by atoms with Crippen LogP contribution in [-0.2, 0) is 0 Å². The standard InChI is InChI=1S/C22H28FN3O3/c1-4-18(26-21(27)16-9-10-19(28-2)25-13-16)15-7-5-14(6-8-15)17-11-12-24-22(29-3)20(17)23/h9-15,18H,4-8H2,1-3H3,(H,26,27). The number of nitrogens with zero attached hydrogens (tertiary/aromatic N) is 2. The maximum absolute atomic E-state index is 14.5. The molecule has 156 valence electrons. The van der Waals surface area contributed by atoms with E-state index >= 15 is 0 Å². The molecule has 1 fully saturated rings. The highest BCUT2D eigenvalue weighted by Gasteiger charge is 2.30. The second kappa shape index (κ2) is 9.67. The van der Waals surface area contributed by atoms with Crippen molar-refractivity contribution in [3.05, 3.63) is 47.5 Å². The average Bonchev–Trinajstić information content (AvgIpc) is 2.77. The van der Waals surface area contributed by atoms with Crippen LogP contribution in [0.4, 0.5) is 4.39 Å². The van der Waals surface area contributed by atoms with Crippen LogP contribution in [0.15, 0.2) is 30.6 Å². The van der Waals surface area contributed by atoms with Crippen LogP contribution in [0.3, 0.4) is 0 Å². The second-order valence-electron chi connectivity index (χ2n) is 7.41. The summed E-state index contributed by atoms with van der Waals surface area (Å²) in [5.41, 5.74) is 1.19. The van der Waals surface area contributed by atoms with Gasteiger partial charge in [-0.3, -0.25) is 4.79 Å². The topological polar surface area (TPSA) is 73.3 Å². The van der Waals surface area contributed by atoms with E-state index in [1.807, 2.05) is 0 Å². The van der Waals surface area contributed by atoms with E-state index in [1.165, 1.54) is 13.3 Å². The molecule has 2 aromatic heterocycles. The van der Waals surface area contributed by atoms with E-state index in [-0.39, 0.29) is 29.6 Å². The Morgan fingerprint density at radius 3 is 2.52 bits per heavy atom. The lowest BCUT2D eigenvalue weighted by Crippen LogP contribution is -2.41. The molecule has 3 rings (SSSR count). The fourth-order valence-electron chi connectivity index (χ4n) is 4.17. The number of hydrogen-bond donors (Lipinski definition) is 1. The van der Waals surface area contributed by atoms with Gasteiger partial charge in [-0.2, -0.15) is 0 Å². The average molecular weight is 401 g/mol. The van der Waals surface area contributed by atoms with Crippen LogP contribution < -0.4 is 14.8 Å². The van der Waals surface area contributed by atoms with E-state index < -0.39 is 0 Å². The Morgan fingerprint density at radius 2 is 1.93 bits per heavy atom. The summed E-state index contributed by atoms with van der Waals surface area (Å²) in [6, 6.07) is 5.23. The van der Waals surface area contributed by atoms with E-state index in [0.29, 0.717) is 22.9 Å². The quantitative estimate of drug-likeness (QED) is 0.756. The zero-order valence-electron chi connectivity index (χ0n) is 17.2. The van der Waals surface area contributed by atoms with Gasteiger partial charge in [-0.1, -0.05) is 6.92 Å². The fourth-order valence-corrected chi connectivity index (χ4v) is 4.17. The van der Waals surface area contributed by atoms with Crippen molar-refractivity contribution in [3.63, 3.8) is 0 Å². The SMILES string of the molecule is CCC(NC(=O)c1ccc(OC)nc1)C1CCC(c2ccnc(OC)c2F)CC1. The third kappa shape index (κ3) is 4.83. The number of halogens is 1. The molecule has 0 aromatic carbocycles. The Hall–Kier alpha value is -2.70. The molecule has 2 aromatic rings. The number of ether oxygens (including phenoxy) is 2. The van der Waals surface area contributed by atoms with Gasteiger partial charge in [0, 0.05) is 24.5 Å². The summed E-state index contributed by atoms with van der Waals surface area (Å²) < 4.78 is 24.6. The minimum atomic E-state index is -0.356. The van der Waals surface area contributed by atoms with Crippen molar-refractivity contribution in [2.24, 2.45) is 5.92 Å². The lowest BCUT2D eigenvalue weighted by Gasteiger charge is -2.34. The van der Waals surface area contributed by atoms with Gasteiger partial charge >= 0.3 is 0 Å². The minimum absolute atomic E-state index is 0.0522. The number of rotatable bonds is 7. The summed E-state index contributed by atoms with van der Waals surface area (Å²) in [4.78, 5) is 20.6. The van der Waals surface area contributed by atoms with Crippen LogP contribution in [0, 0.1) is 11.7 Å². The van der Waals surface area contributed by atoms with Gasteiger partial charge in [0.2, 0.25) is 11.8 Å². The molecule has 0 bridgehead atoms. The molecule has 29 heavy (non-hydrogen) atoms. The summed E-state index contributed by atoms with van der Waals surface area (Å²) in [6.07, 6.45) is 7.61. The molecule has 1 unspecified atom stereocenters. The Balaban J connectivity index is 1.60.